The topological polar surface area (TPSA) is 61.0 Å². The molecule has 0 radical (unpaired) electrons. The lowest BCUT2D eigenvalue weighted by atomic mass is 9.93. The Bertz CT molecular complexity index is 436. The third kappa shape index (κ3) is 5.16. The molecule has 21 heavy (non-hydrogen) atoms. The molecule has 118 valence electrons. The van der Waals surface area contributed by atoms with Crippen LogP contribution in [0, 0.1) is 11.3 Å². The van der Waals surface area contributed by atoms with Crippen molar-refractivity contribution in [2.24, 2.45) is 11.3 Å². The minimum absolute atomic E-state index is 0.146. The van der Waals surface area contributed by atoms with E-state index in [1.807, 2.05) is 27.0 Å². The van der Waals surface area contributed by atoms with Gasteiger partial charge in [0, 0.05) is 36.9 Å². The van der Waals surface area contributed by atoms with Crippen LogP contribution in [-0.2, 0) is 11.3 Å². The van der Waals surface area contributed by atoms with Crippen LogP contribution in [0.5, 0.6) is 0 Å². The van der Waals surface area contributed by atoms with Crippen molar-refractivity contribution in [3.8, 4) is 0 Å². The van der Waals surface area contributed by atoms with E-state index in [1.165, 1.54) is 18.5 Å². The molecule has 0 aromatic carbocycles. The second kappa shape index (κ2) is 7.07. The highest BCUT2D eigenvalue weighted by Crippen LogP contribution is 2.20. The SMILES string of the molecule is CC(C)(C)C(=O)NCC[C@H]1CCCN(Cc2cnc[nH]2)C1. The van der Waals surface area contributed by atoms with Gasteiger partial charge in [0.05, 0.1) is 6.33 Å². The van der Waals surface area contributed by atoms with Crippen LogP contribution in [0.15, 0.2) is 12.5 Å². The van der Waals surface area contributed by atoms with E-state index in [4.69, 9.17) is 0 Å². The smallest absolute Gasteiger partial charge is 0.225 e. The summed E-state index contributed by atoms with van der Waals surface area (Å²) in [5.74, 6) is 0.828. The van der Waals surface area contributed by atoms with E-state index < -0.39 is 0 Å². The number of aromatic nitrogens is 2. The summed E-state index contributed by atoms with van der Waals surface area (Å²) < 4.78 is 0. The van der Waals surface area contributed by atoms with Crippen LogP contribution in [-0.4, -0.2) is 40.4 Å². The zero-order chi connectivity index (χ0) is 15.3. The zero-order valence-electron chi connectivity index (χ0n) is 13.5. The van der Waals surface area contributed by atoms with Crippen molar-refractivity contribution in [1.29, 1.82) is 0 Å². The van der Waals surface area contributed by atoms with Gasteiger partial charge in [-0.2, -0.15) is 0 Å². The fourth-order valence-corrected chi connectivity index (χ4v) is 2.80. The molecule has 0 unspecified atom stereocenters. The van der Waals surface area contributed by atoms with Crippen LogP contribution in [0.25, 0.3) is 0 Å². The van der Waals surface area contributed by atoms with Gasteiger partial charge in [-0.25, -0.2) is 4.98 Å². The van der Waals surface area contributed by atoms with E-state index in [0.717, 1.165) is 32.6 Å². The number of amides is 1. The number of nitrogens with zero attached hydrogens (tertiary/aromatic N) is 2. The number of aromatic amines is 1. The van der Waals surface area contributed by atoms with E-state index in [9.17, 15) is 4.79 Å². The van der Waals surface area contributed by atoms with Crippen LogP contribution in [0.2, 0.25) is 0 Å². The van der Waals surface area contributed by atoms with Gasteiger partial charge in [-0.05, 0) is 31.7 Å². The van der Waals surface area contributed by atoms with Crippen molar-refractivity contribution in [3.63, 3.8) is 0 Å². The largest absolute Gasteiger partial charge is 0.356 e. The number of hydrogen-bond donors (Lipinski definition) is 2. The number of hydrogen-bond acceptors (Lipinski definition) is 3. The molecular formula is C16H28N4O. The summed E-state index contributed by atoms with van der Waals surface area (Å²) in [7, 11) is 0. The lowest BCUT2D eigenvalue weighted by molar-refractivity contribution is -0.128. The third-order valence-corrected chi connectivity index (χ3v) is 4.07. The van der Waals surface area contributed by atoms with E-state index >= 15 is 0 Å². The first-order chi connectivity index (χ1) is 9.95. The first-order valence-electron chi connectivity index (χ1n) is 7.93. The number of likely N-dealkylation sites (tertiary alicyclic amines) is 1. The molecule has 1 aliphatic heterocycles. The second-order valence-electron chi connectivity index (χ2n) is 7.11. The van der Waals surface area contributed by atoms with Crippen LogP contribution in [0.3, 0.4) is 0 Å². The van der Waals surface area contributed by atoms with E-state index in [-0.39, 0.29) is 11.3 Å². The Morgan fingerprint density at radius 2 is 2.33 bits per heavy atom. The number of nitrogens with one attached hydrogen (secondary N) is 2. The fraction of sp³-hybridized carbons (Fsp3) is 0.750. The molecule has 1 fully saturated rings. The molecule has 2 rings (SSSR count). The fourth-order valence-electron chi connectivity index (χ4n) is 2.80. The number of carbonyl (C=O) groups is 1. The Kier molecular flexibility index (Phi) is 5.39. The van der Waals surface area contributed by atoms with Gasteiger partial charge >= 0.3 is 0 Å². The van der Waals surface area contributed by atoms with E-state index in [0.29, 0.717) is 5.92 Å². The van der Waals surface area contributed by atoms with Crippen molar-refractivity contribution in [2.75, 3.05) is 19.6 Å². The summed E-state index contributed by atoms with van der Waals surface area (Å²) >= 11 is 0. The van der Waals surface area contributed by atoms with Gasteiger partial charge < -0.3 is 10.3 Å². The molecule has 0 spiro atoms. The molecule has 1 aromatic heterocycles. The zero-order valence-corrected chi connectivity index (χ0v) is 13.5. The van der Waals surface area contributed by atoms with Gasteiger partial charge in [-0.1, -0.05) is 20.8 Å². The second-order valence-corrected chi connectivity index (χ2v) is 7.11. The molecule has 1 aliphatic rings. The summed E-state index contributed by atoms with van der Waals surface area (Å²) in [5.41, 5.74) is 0.885. The molecule has 1 atom stereocenters. The van der Waals surface area contributed by atoms with E-state index in [1.54, 1.807) is 6.33 Å². The van der Waals surface area contributed by atoms with Crippen molar-refractivity contribution in [3.05, 3.63) is 18.2 Å². The number of carbonyl (C=O) groups excluding carboxylic acids is 1. The standard InChI is InChI=1S/C16H28N4O/c1-16(2,3)15(21)18-7-6-13-5-4-8-20(10-13)11-14-9-17-12-19-14/h9,12-13H,4-8,10-11H2,1-3H3,(H,17,19)(H,18,21)/t13-/m1/s1. The van der Waals surface area contributed by atoms with Gasteiger partial charge in [0.1, 0.15) is 0 Å². The Hall–Kier alpha value is -1.36. The lowest BCUT2D eigenvalue weighted by Gasteiger charge is -2.32. The highest BCUT2D eigenvalue weighted by Gasteiger charge is 2.23. The van der Waals surface area contributed by atoms with Crippen LogP contribution >= 0.6 is 0 Å². The quantitative estimate of drug-likeness (QED) is 0.874. The number of H-pyrrole nitrogens is 1. The monoisotopic (exact) mass is 292 g/mol. The molecule has 1 saturated heterocycles. The predicted molar refractivity (Wildman–Crippen MR) is 83.7 cm³/mol. The third-order valence-electron chi connectivity index (χ3n) is 4.07. The maximum atomic E-state index is 11.8. The minimum Gasteiger partial charge on any atom is -0.356 e. The Morgan fingerprint density at radius 1 is 1.52 bits per heavy atom. The van der Waals surface area contributed by atoms with Crippen molar-refractivity contribution in [2.45, 2.75) is 46.6 Å². The molecule has 1 aromatic rings. The number of rotatable bonds is 5. The highest BCUT2D eigenvalue weighted by molar-refractivity contribution is 5.81. The van der Waals surface area contributed by atoms with Gasteiger partial charge in [0.25, 0.3) is 0 Å². The van der Waals surface area contributed by atoms with Crippen LogP contribution < -0.4 is 5.32 Å². The Balaban J connectivity index is 1.70. The highest BCUT2D eigenvalue weighted by atomic mass is 16.2. The average Bonchev–Trinajstić information content (AvgIpc) is 2.91. The molecule has 2 N–H and O–H groups in total. The first kappa shape index (κ1) is 16.0. The van der Waals surface area contributed by atoms with Crippen LogP contribution in [0.4, 0.5) is 0 Å². The molecule has 0 bridgehead atoms. The molecule has 5 nitrogen and oxygen atoms in total. The summed E-state index contributed by atoms with van der Waals surface area (Å²) in [6.07, 6.45) is 7.21. The molecular weight excluding hydrogens is 264 g/mol. The number of piperidine rings is 1. The predicted octanol–water partition coefficient (Wildman–Crippen LogP) is 2.17. The number of imidazole rings is 1. The average molecular weight is 292 g/mol. The maximum absolute atomic E-state index is 11.8. The van der Waals surface area contributed by atoms with Gasteiger partial charge in [0.2, 0.25) is 5.91 Å². The normalized spacial score (nSPS) is 20.4. The molecule has 0 aliphatic carbocycles. The first-order valence-corrected chi connectivity index (χ1v) is 7.93. The van der Waals surface area contributed by atoms with Gasteiger partial charge in [0.15, 0.2) is 0 Å². The van der Waals surface area contributed by atoms with Gasteiger partial charge in [-0.15, -0.1) is 0 Å². The van der Waals surface area contributed by atoms with E-state index in [2.05, 4.69) is 20.2 Å². The maximum Gasteiger partial charge on any atom is 0.225 e. The van der Waals surface area contributed by atoms with Crippen molar-refractivity contribution < 1.29 is 4.79 Å². The molecule has 2 heterocycles. The summed E-state index contributed by atoms with van der Waals surface area (Å²) in [6.45, 7) is 9.87. The minimum atomic E-state index is -0.292. The van der Waals surface area contributed by atoms with Crippen molar-refractivity contribution in [1.82, 2.24) is 20.2 Å². The summed E-state index contributed by atoms with van der Waals surface area (Å²) in [4.78, 5) is 21.6. The Labute approximate surface area is 127 Å². The van der Waals surface area contributed by atoms with Crippen molar-refractivity contribution >= 4 is 5.91 Å². The van der Waals surface area contributed by atoms with Gasteiger partial charge in [-0.3, -0.25) is 9.69 Å². The lowest BCUT2D eigenvalue weighted by Crippen LogP contribution is -2.39. The summed E-state index contributed by atoms with van der Waals surface area (Å²) in [6, 6.07) is 0. The Morgan fingerprint density at radius 3 is 3.00 bits per heavy atom. The molecule has 0 saturated carbocycles. The molecule has 5 heteroatoms. The van der Waals surface area contributed by atoms with Crippen LogP contribution in [0.1, 0.15) is 45.7 Å². The summed E-state index contributed by atoms with van der Waals surface area (Å²) in [5, 5.41) is 3.06. The molecule has 1 amide bonds.